The van der Waals surface area contributed by atoms with Gasteiger partial charge in [0.05, 0.1) is 0 Å². The molecule has 0 aliphatic carbocycles. The summed E-state index contributed by atoms with van der Waals surface area (Å²) in [6.45, 7) is 1.18. The molecule has 0 radical (unpaired) electrons. The van der Waals surface area contributed by atoms with E-state index >= 15 is 0 Å². The molecule has 0 aromatic carbocycles. The van der Waals surface area contributed by atoms with Crippen molar-refractivity contribution in [1.82, 2.24) is 4.98 Å². The number of aromatic carboxylic acids is 1. The summed E-state index contributed by atoms with van der Waals surface area (Å²) in [5.41, 5.74) is -2.18. The minimum Gasteiger partial charge on any atom is -0.477 e. The lowest BCUT2D eigenvalue weighted by Gasteiger charge is -2.05. The molecule has 14 heavy (non-hydrogen) atoms. The first-order valence-electron chi connectivity index (χ1n) is 3.68. The Morgan fingerprint density at radius 3 is 2.57 bits per heavy atom. The van der Waals surface area contributed by atoms with Gasteiger partial charge in [-0.05, 0) is 12.5 Å². The fraction of sp³-hybridized carbons (Fsp3) is 0.250. The number of carboxylic acids is 1. The van der Waals surface area contributed by atoms with E-state index in [1.54, 1.807) is 0 Å². The molecule has 0 bridgehead atoms. The first-order valence-corrected chi connectivity index (χ1v) is 3.68. The van der Waals surface area contributed by atoms with Crippen LogP contribution in [0.15, 0.2) is 11.0 Å². The number of carbonyl (C=O) groups is 1. The molecule has 1 rings (SSSR count). The molecule has 1 aromatic rings. The van der Waals surface area contributed by atoms with Crippen molar-refractivity contribution in [2.45, 2.75) is 13.3 Å². The summed E-state index contributed by atoms with van der Waals surface area (Å²) in [6, 6.07) is 0. The lowest BCUT2D eigenvalue weighted by Crippen LogP contribution is -2.20. The van der Waals surface area contributed by atoms with Gasteiger partial charge in [0.15, 0.2) is 0 Å². The summed E-state index contributed by atoms with van der Waals surface area (Å²) in [4.78, 5) is 23.5. The fourth-order valence-electron chi connectivity index (χ4n) is 1.12. The molecular formula is C8H7F2NO3. The van der Waals surface area contributed by atoms with Gasteiger partial charge in [-0.3, -0.25) is 4.79 Å². The molecular weight excluding hydrogens is 196 g/mol. The maximum Gasteiger partial charge on any atom is 0.341 e. The Morgan fingerprint density at radius 2 is 2.14 bits per heavy atom. The number of alkyl halides is 2. The third-order valence-corrected chi connectivity index (χ3v) is 1.84. The van der Waals surface area contributed by atoms with Crippen LogP contribution in [-0.2, 0) is 0 Å². The number of nitrogens with one attached hydrogen (secondary N) is 1. The van der Waals surface area contributed by atoms with Crippen molar-refractivity contribution in [1.29, 1.82) is 0 Å². The van der Waals surface area contributed by atoms with E-state index in [-0.39, 0.29) is 5.56 Å². The number of aromatic amines is 1. The molecule has 0 amide bonds. The van der Waals surface area contributed by atoms with Gasteiger partial charge in [0.25, 0.3) is 12.0 Å². The highest BCUT2D eigenvalue weighted by Crippen LogP contribution is 2.21. The van der Waals surface area contributed by atoms with Crippen LogP contribution in [0.1, 0.15) is 27.9 Å². The van der Waals surface area contributed by atoms with E-state index in [2.05, 4.69) is 0 Å². The minimum atomic E-state index is -2.80. The predicted octanol–water partition coefficient (Wildman–Crippen LogP) is 1.32. The molecule has 0 fully saturated rings. The monoisotopic (exact) mass is 203 g/mol. The quantitative estimate of drug-likeness (QED) is 0.761. The van der Waals surface area contributed by atoms with Gasteiger partial charge in [-0.25, -0.2) is 13.6 Å². The van der Waals surface area contributed by atoms with E-state index in [1.807, 2.05) is 4.98 Å². The summed E-state index contributed by atoms with van der Waals surface area (Å²) in [7, 11) is 0. The van der Waals surface area contributed by atoms with Crippen molar-refractivity contribution in [3.63, 3.8) is 0 Å². The second-order valence-electron chi connectivity index (χ2n) is 2.68. The summed E-state index contributed by atoms with van der Waals surface area (Å²) in [5.74, 6) is -1.51. The third-order valence-electron chi connectivity index (χ3n) is 1.84. The Kier molecular flexibility index (Phi) is 2.64. The molecule has 0 unspecified atom stereocenters. The number of hydrogen-bond acceptors (Lipinski definition) is 2. The van der Waals surface area contributed by atoms with Gasteiger partial charge in [0.1, 0.15) is 5.56 Å². The zero-order valence-corrected chi connectivity index (χ0v) is 7.17. The zero-order chi connectivity index (χ0) is 10.9. The number of pyridine rings is 1. The molecule has 0 atom stereocenters. The van der Waals surface area contributed by atoms with Gasteiger partial charge in [-0.2, -0.15) is 0 Å². The topological polar surface area (TPSA) is 70.2 Å². The normalized spacial score (nSPS) is 10.6. The number of hydrogen-bond donors (Lipinski definition) is 2. The largest absolute Gasteiger partial charge is 0.477 e. The van der Waals surface area contributed by atoms with Gasteiger partial charge in [0.2, 0.25) is 0 Å². The summed E-state index contributed by atoms with van der Waals surface area (Å²) in [6.07, 6.45) is -1.97. The second-order valence-corrected chi connectivity index (χ2v) is 2.68. The molecule has 1 aromatic heterocycles. The van der Waals surface area contributed by atoms with E-state index in [0.717, 1.165) is 6.20 Å². The summed E-state index contributed by atoms with van der Waals surface area (Å²) in [5, 5.41) is 8.59. The van der Waals surface area contributed by atoms with Crippen molar-refractivity contribution in [3.8, 4) is 0 Å². The van der Waals surface area contributed by atoms with Crippen molar-refractivity contribution in [2.24, 2.45) is 0 Å². The smallest absolute Gasteiger partial charge is 0.341 e. The SMILES string of the molecule is Cc1c(C(F)F)c[nH]c(=O)c1C(=O)O. The van der Waals surface area contributed by atoms with Gasteiger partial charge in [0, 0.05) is 11.8 Å². The first-order chi connectivity index (χ1) is 6.45. The minimum absolute atomic E-state index is 0.198. The number of H-pyrrole nitrogens is 1. The van der Waals surface area contributed by atoms with Crippen molar-refractivity contribution in [2.75, 3.05) is 0 Å². The van der Waals surface area contributed by atoms with Crippen LogP contribution in [0.5, 0.6) is 0 Å². The lowest BCUT2D eigenvalue weighted by molar-refractivity contribution is 0.0693. The van der Waals surface area contributed by atoms with Gasteiger partial charge in [-0.15, -0.1) is 0 Å². The molecule has 4 nitrogen and oxygen atoms in total. The van der Waals surface area contributed by atoms with E-state index in [0.29, 0.717) is 0 Å². The van der Waals surface area contributed by atoms with E-state index in [9.17, 15) is 18.4 Å². The molecule has 0 spiro atoms. The van der Waals surface area contributed by atoms with Crippen molar-refractivity contribution in [3.05, 3.63) is 33.2 Å². The average Bonchev–Trinajstić information content (AvgIpc) is 2.02. The maximum atomic E-state index is 12.3. The molecule has 2 N–H and O–H groups in total. The van der Waals surface area contributed by atoms with Crippen LogP contribution in [0.3, 0.4) is 0 Å². The Bertz CT molecular complexity index is 425. The average molecular weight is 203 g/mol. The Hall–Kier alpha value is -1.72. The zero-order valence-electron chi connectivity index (χ0n) is 7.17. The summed E-state index contributed by atoms with van der Waals surface area (Å²) < 4.78 is 24.6. The highest BCUT2D eigenvalue weighted by atomic mass is 19.3. The van der Waals surface area contributed by atoms with E-state index in [1.165, 1.54) is 6.92 Å². The van der Waals surface area contributed by atoms with Gasteiger partial charge in [-0.1, -0.05) is 0 Å². The molecule has 0 aliphatic heterocycles. The highest BCUT2D eigenvalue weighted by molar-refractivity contribution is 5.89. The maximum absolute atomic E-state index is 12.3. The van der Waals surface area contributed by atoms with Crippen LogP contribution in [-0.4, -0.2) is 16.1 Å². The van der Waals surface area contributed by atoms with Crippen LogP contribution >= 0.6 is 0 Å². The van der Waals surface area contributed by atoms with Crippen LogP contribution in [0.2, 0.25) is 0 Å². The van der Waals surface area contributed by atoms with E-state index in [4.69, 9.17) is 5.11 Å². The summed E-state index contributed by atoms with van der Waals surface area (Å²) >= 11 is 0. The third kappa shape index (κ3) is 1.63. The van der Waals surface area contributed by atoms with Crippen LogP contribution in [0, 0.1) is 6.92 Å². The number of halogens is 2. The Morgan fingerprint density at radius 1 is 1.57 bits per heavy atom. The molecule has 0 saturated carbocycles. The first kappa shape index (κ1) is 10.4. The fourth-order valence-corrected chi connectivity index (χ4v) is 1.12. The van der Waals surface area contributed by atoms with E-state index < -0.39 is 29.1 Å². The molecule has 0 aliphatic rings. The van der Waals surface area contributed by atoms with Crippen molar-refractivity contribution >= 4 is 5.97 Å². The number of rotatable bonds is 2. The van der Waals surface area contributed by atoms with Crippen LogP contribution < -0.4 is 5.56 Å². The Labute approximate surface area is 77.2 Å². The molecule has 0 saturated heterocycles. The molecule has 1 heterocycles. The molecule has 6 heteroatoms. The number of aromatic nitrogens is 1. The van der Waals surface area contributed by atoms with Crippen LogP contribution in [0.25, 0.3) is 0 Å². The lowest BCUT2D eigenvalue weighted by atomic mass is 10.1. The highest BCUT2D eigenvalue weighted by Gasteiger charge is 2.19. The Balaban J connectivity index is 3.49. The standard InChI is InChI=1S/C8H7F2NO3/c1-3-4(6(9)10)2-11-7(12)5(3)8(13)14/h2,6H,1H3,(H,11,12)(H,13,14). The second kappa shape index (κ2) is 3.57. The van der Waals surface area contributed by atoms with Gasteiger partial charge < -0.3 is 10.1 Å². The van der Waals surface area contributed by atoms with Gasteiger partial charge >= 0.3 is 5.97 Å². The predicted molar refractivity (Wildman–Crippen MR) is 43.7 cm³/mol. The van der Waals surface area contributed by atoms with Crippen molar-refractivity contribution < 1.29 is 18.7 Å². The van der Waals surface area contributed by atoms with Crippen LogP contribution in [0.4, 0.5) is 8.78 Å². The number of carboxylic acid groups (broad SMARTS) is 1. The molecule has 76 valence electrons.